The number of hydrogen-bond donors (Lipinski definition) is 1. The summed E-state index contributed by atoms with van der Waals surface area (Å²) in [7, 11) is 0. The molecule has 0 fully saturated rings. The molecule has 0 saturated carbocycles. The molecule has 2 aromatic carbocycles. The number of hydrogen-bond acceptors (Lipinski definition) is 4. The van der Waals surface area contributed by atoms with Crippen LogP contribution in [0.25, 0.3) is 0 Å². The number of benzene rings is 2. The molecule has 0 saturated heterocycles. The first-order valence-corrected chi connectivity index (χ1v) is 8.87. The second-order valence-electron chi connectivity index (χ2n) is 4.62. The van der Waals surface area contributed by atoms with Gasteiger partial charge in [0.25, 0.3) is 0 Å². The highest BCUT2D eigenvalue weighted by molar-refractivity contribution is 9.10. The first-order valence-electron chi connectivity index (χ1n) is 6.51. The minimum Gasteiger partial charge on any atom is -0.331 e. The molecule has 0 bridgehead atoms. The maximum absolute atomic E-state index is 12.4. The topological polar surface area (TPSA) is 42.0 Å². The van der Waals surface area contributed by atoms with Crippen LogP contribution in [-0.4, -0.2) is 10.8 Å². The molecule has 23 heavy (non-hydrogen) atoms. The average Bonchev–Trinajstić information content (AvgIpc) is 2.99. The Labute approximate surface area is 155 Å². The van der Waals surface area contributed by atoms with Crippen LogP contribution < -0.4 is 5.32 Å². The predicted octanol–water partition coefficient (Wildman–Crippen LogP) is 6.19. The summed E-state index contributed by atoms with van der Waals surface area (Å²) in [6.07, 6.45) is 1.56. The summed E-state index contributed by atoms with van der Waals surface area (Å²) in [6, 6.07) is 12.4. The van der Waals surface area contributed by atoms with E-state index in [1.54, 1.807) is 36.5 Å². The van der Waals surface area contributed by atoms with E-state index in [9.17, 15) is 4.79 Å². The molecule has 0 radical (unpaired) electrons. The van der Waals surface area contributed by atoms with Crippen LogP contribution in [-0.2, 0) is 0 Å². The summed E-state index contributed by atoms with van der Waals surface area (Å²) >= 11 is 16.5. The van der Waals surface area contributed by atoms with E-state index in [1.165, 1.54) is 11.3 Å². The Bertz CT molecular complexity index is 865. The fourth-order valence-electron chi connectivity index (χ4n) is 1.88. The summed E-state index contributed by atoms with van der Waals surface area (Å²) in [5.41, 5.74) is 1.38. The number of rotatable bonds is 4. The molecule has 7 heteroatoms. The van der Waals surface area contributed by atoms with Gasteiger partial charge in [-0.25, -0.2) is 4.98 Å². The summed E-state index contributed by atoms with van der Waals surface area (Å²) in [5, 5.41) is 4.67. The lowest BCUT2D eigenvalue weighted by atomic mass is 10.1. The minimum absolute atomic E-state index is 0.0582. The number of thiazole rings is 1. The van der Waals surface area contributed by atoms with Crippen LogP contribution in [0.15, 0.2) is 53.1 Å². The van der Waals surface area contributed by atoms with E-state index >= 15 is 0 Å². The first kappa shape index (κ1) is 16.5. The van der Waals surface area contributed by atoms with Gasteiger partial charge in [0.05, 0.1) is 21.1 Å². The summed E-state index contributed by atoms with van der Waals surface area (Å²) in [6.45, 7) is 0. The Balaban J connectivity index is 1.78. The van der Waals surface area contributed by atoms with Crippen LogP contribution >= 0.6 is 50.5 Å². The van der Waals surface area contributed by atoms with Crippen molar-refractivity contribution in [1.82, 2.24) is 4.98 Å². The molecule has 1 N–H and O–H groups in total. The van der Waals surface area contributed by atoms with E-state index in [4.69, 9.17) is 23.2 Å². The smallest absolute Gasteiger partial charge is 0.204 e. The third-order valence-corrected chi connectivity index (χ3v) is 5.19. The maximum Gasteiger partial charge on any atom is 0.204 e. The molecule has 0 aliphatic carbocycles. The highest BCUT2D eigenvalue weighted by atomic mass is 79.9. The van der Waals surface area contributed by atoms with E-state index in [-0.39, 0.29) is 5.78 Å². The molecule has 3 rings (SSSR count). The molecule has 3 aromatic rings. The monoisotopic (exact) mass is 426 g/mol. The van der Waals surface area contributed by atoms with E-state index in [1.807, 2.05) is 12.1 Å². The lowest BCUT2D eigenvalue weighted by molar-refractivity contribution is 0.104. The highest BCUT2D eigenvalue weighted by Gasteiger charge is 2.13. The number of ketones is 1. The van der Waals surface area contributed by atoms with Crippen molar-refractivity contribution in [3.63, 3.8) is 0 Å². The molecule has 0 amide bonds. The number of nitrogens with one attached hydrogen (secondary N) is 1. The molecule has 1 aromatic heterocycles. The standard InChI is InChI=1S/C16H9BrCl2N2OS/c17-10-3-1-9(2-4-10)15(22)14-8-20-16(23-14)21-11-5-6-12(18)13(19)7-11/h1-8H,(H,20,21). The molecule has 0 aliphatic heterocycles. The largest absolute Gasteiger partial charge is 0.331 e. The van der Waals surface area contributed by atoms with E-state index < -0.39 is 0 Å². The number of halogens is 3. The molecule has 0 spiro atoms. The number of carbonyl (C=O) groups excluding carboxylic acids is 1. The van der Waals surface area contributed by atoms with Crippen molar-refractivity contribution >= 4 is 67.1 Å². The van der Waals surface area contributed by atoms with Crippen molar-refractivity contribution in [3.05, 3.63) is 73.6 Å². The molecule has 0 unspecified atom stereocenters. The van der Waals surface area contributed by atoms with Gasteiger partial charge < -0.3 is 5.32 Å². The van der Waals surface area contributed by atoms with E-state index in [0.717, 1.165) is 10.2 Å². The van der Waals surface area contributed by atoms with Crippen LogP contribution in [0.5, 0.6) is 0 Å². The minimum atomic E-state index is -0.0582. The predicted molar refractivity (Wildman–Crippen MR) is 99.4 cm³/mol. The number of aromatic nitrogens is 1. The van der Waals surface area contributed by atoms with Crippen molar-refractivity contribution in [2.75, 3.05) is 5.32 Å². The Kier molecular flexibility index (Phi) is 5.02. The maximum atomic E-state index is 12.4. The van der Waals surface area contributed by atoms with Gasteiger partial charge in [0, 0.05) is 15.7 Å². The summed E-state index contributed by atoms with van der Waals surface area (Å²) in [5.74, 6) is -0.0582. The quantitative estimate of drug-likeness (QED) is 0.505. The van der Waals surface area contributed by atoms with Crippen molar-refractivity contribution in [2.24, 2.45) is 0 Å². The number of anilines is 2. The van der Waals surface area contributed by atoms with Crippen LogP contribution in [0.1, 0.15) is 15.2 Å². The molecule has 3 nitrogen and oxygen atoms in total. The Morgan fingerprint density at radius 1 is 1.09 bits per heavy atom. The zero-order chi connectivity index (χ0) is 16.4. The number of carbonyl (C=O) groups is 1. The van der Waals surface area contributed by atoms with Gasteiger partial charge in [-0.15, -0.1) is 0 Å². The molecule has 0 aliphatic rings. The lowest BCUT2D eigenvalue weighted by Gasteiger charge is -2.03. The summed E-state index contributed by atoms with van der Waals surface area (Å²) in [4.78, 5) is 17.2. The van der Waals surface area contributed by atoms with Crippen molar-refractivity contribution in [2.45, 2.75) is 0 Å². The zero-order valence-electron chi connectivity index (χ0n) is 11.5. The fraction of sp³-hybridized carbons (Fsp3) is 0. The van der Waals surface area contributed by atoms with Gasteiger partial charge >= 0.3 is 0 Å². The van der Waals surface area contributed by atoms with Gasteiger partial charge in [-0.2, -0.15) is 0 Å². The van der Waals surface area contributed by atoms with Crippen molar-refractivity contribution in [3.8, 4) is 0 Å². The van der Waals surface area contributed by atoms with Gasteiger partial charge in [0.15, 0.2) is 5.13 Å². The molecule has 0 atom stereocenters. The SMILES string of the molecule is O=C(c1ccc(Br)cc1)c1cnc(Nc2ccc(Cl)c(Cl)c2)s1. The summed E-state index contributed by atoms with van der Waals surface area (Å²) < 4.78 is 0.931. The molecular weight excluding hydrogens is 419 g/mol. The zero-order valence-corrected chi connectivity index (χ0v) is 15.4. The first-order chi connectivity index (χ1) is 11.0. The second-order valence-corrected chi connectivity index (χ2v) is 7.38. The van der Waals surface area contributed by atoms with Crippen molar-refractivity contribution < 1.29 is 4.79 Å². The Hall–Kier alpha value is -1.40. The normalized spacial score (nSPS) is 10.6. The van der Waals surface area contributed by atoms with Gasteiger partial charge in [0.1, 0.15) is 0 Å². The molecule has 1 heterocycles. The Morgan fingerprint density at radius 2 is 1.83 bits per heavy atom. The van der Waals surface area contributed by atoms with E-state index in [0.29, 0.717) is 25.6 Å². The van der Waals surface area contributed by atoms with Crippen LogP contribution in [0.4, 0.5) is 10.8 Å². The average molecular weight is 428 g/mol. The third-order valence-electron chi connectivity index (χ3n) is 3.01. The second kappa shape index (κ2) is 7.01. The molecular formula is C16H9BrCl2N2OS. The highest BCUT2D eigenvalue weighted by Crippen LogP contribution is 2.29. The van der Waals surface area contributed by atoms with Crippen LogP contribution in [0.2, 0.25) is 10.0 Å². The van der Waals surface area contributed by atoms with Gasteiger partial charge in [-0.1, -0.05) is 50.5 Å². The van der Waals surface area contributed by atoms with Crippen molar-refractivity contribution in [1.29, 1.82) is 0 Å². The van der Waals surface area contributed by atoms with Crippen LogP contribution in [0, 0.1) is 0 Å². The Morgan fingerprint density at radius 3 is 2.52 bits per heavy atom. The van der Waals surface area contributed by atoms with Gasteiger partial charge in [-0.05, 0) is 42.5 Å². The van der Waals surface area contributed by atoms with Gasteiger partial charge in [-0.3, -0.25) is 4.79 Å². The fourth-order valence-corrected chi connectivity index (χ4v) is 3.24. The number of nitrogens with zero attached hydrogens (tertiary/aromatic N) is 1. The third kappa shape index (κ3) is 3.93. The lowest BCUT2D eigenvalue weighted by Crippen LogP contribution is -1.97. The van der Waals surface area contributed by atoms with E-state index in [2.05, 4.69) is 26.2 Å². The van der Waals surface area contributed by atoms with Crippen LogP contribution in [0.3, 0.4) is 0 Å². The molecule has 116 valence electrons. The van der Waals surface area contributed by atoms with Gasteiger partial charge in [0.2, 0.25) is 5.78 Å².